The SMILES string of the molecule is Cn1c2ccc(N(c3ccccc3)c3cccc(-c4ccccc4)c3)cc2c2c3ccccc3c3ccccc3c21. The molecule has 2 nitrogen and oxygen atoms in total. The highest BCUT2D eigenvalue weighted by Crippen LogP contribution is 2.43. The van der Waals surface area contributed by atoms with E-state index in [0.29, 0.717) is 0 Å². The zero-order valence-corrected chi connectivity index (χ0v) is 22.8. The number of hydrogen-bond donors (Lipinski definition) is 0. The lowest BCUT2D eigenvalue weighted by atomic mass is 9.96. The third-order valence-corrected chi connectivity index (χ3v) is 8.34. The van der Waals surface area contributed by atoms with Crippen LogP contribution in [-0.4, -0.2) is 4.57 Å². The number of benzene rings is 7. The van der Waals surface area contributed by atoms with Gasteiger partial charge in [-0.15, -0.1) is 0 Å². The molecule has 0 fully saturated rings. The van der Waals surface area contributed by atoms with Crippen LogP contribution in [0.3, 0.4) is 0 Å². The van der Waals surface area contributed by atoms with E-state index in [1.54, 1.807) is 0 Å². The van der Waals surface area contributed by atoms with E-state index in [1.165, 1.54) is 54.5 Å². The molecular weight excluding hydrogens is 496 g/mol. The van der Waals surface area contributed by atoms with Crippen LogP contribution in [0.2, 0.25) is 0 Å². The maximum absolute atomic E-state index is 2.38. The van der Waals surface area contributed by atoms with Gasteiger partial charge in [-0.2, -0.15) is 0 Å². The number of rotatable bonds is 4. The Morgan fingerprint density at radius 3 is 1.73 bits per heavy atom. The molecule has 0 saturated carbocycles. The zero-order chi connectivity index (χ0) is 27.3. The minimum Gasteiger partial charge on any atom is -0.343 e. The molecule has 8 rings (SSSR count). The topological polar surface area (TPSA) is 8.17 Å². The molecule has 0 saturated heterocycles. The summed E-state index contributed by atoms with van der Waals surface area (Å²) in [4.78, 5) is 2.37. The monoisotopic (exact) mass is 524 g/mol. The summed E-state index contributed by atoms with van der Waals surface area (Å²) < 4.78 is 2.37. The van der Waals surface area contributed by atoms with Crippen LogP contribution >= 0.6 is 0 Å². The second kappa shape index (κ2) is 9.39. The first-order chi connectivity index (χ1) is 20.3. The predicted octanol–water partition coefficient (Wildman–Crippen LogP) is 10.8. The first kappa shape index (κ1) is 23.5. The van der Waals surface area contributed by atoms with Crippen molar-refractivity contribution in [2.24, 2.45) is 7.05 Å². The fourth-order valence-electron chi connectivity index (χ4n) is 6.50. The highest BCUT2D eigenvalue weighted by Gasteiger charge is 2.19. The number of anilines is 3. The number of para-hydroxylation sites is 1. The van der Waals surface area contributed by atoms with Crippen molar-refractivity contribution in [2.75, 3.05) is 4.90 Å². The van der Waals surface area contributed by atoms with Crippen molar-refractivity contribution in [3.05, 3.63) is 152 Å². The number of aromatic nitrogens is 1. The summed E-state index contributed by atoms with van der Waals surface area (Å²) in [5.41, 5.74) is 8.33. The molecule has 0 aliphatic heterocycles. The summed E-state index contributed by atoms with van der Waals surface area (Å²) in [6, 6.07) is 54.7. The quantitative estimate of drug-likeness (QED) is 0.208. The summed E-state index contributed by atoms with van der Waals surface area (Å²) in [5.74, 6) is 0. The second-order valence-corrected chi connectivity index (χ2v) is 10.7. The second-order valence-electron chi connectivity index (χ2n) is 10.7. The maximum Gasteiger partial charge on any atom is 0.0574 e. The fourth-order valence-corrected chi connectivity index (χ4v) is 6.50. The molecule has 194 valence electrons. The molecule has 0 spiro atoms. The summed E-state index contributed by atoms with van der Waals surface area (Å²) >= 11 is 0. The van der Waals surface area contributed by atoms with Crippen LogP contribution < -0.4 is 4.90 Å². The largest absolute Gasteiger partial charge is 0.343 e. The van der Waals surface area contributed by atoms with Crippen molar-refractivity contribution in [3.8, 4) is 11.1 Å². The summed E-state index contributed by atoms with van der Waals surface area (Å²) in [5, 5.41) is 7.75. The van der Waals surface area contributed by atoms with Gasteiger partial charge in [0.1, 0.15) is 0 Å². The van der Waals surface area contributed by atoms with Gasteiger partial charge in [-0.3, -0.25) is 0 Å². The van der Waals surface area contributed by atoms with Crippen LogP contribution in [-0.2, 0) is 7.05 Å². The Kier molecular flexibility index (Phi) is 5.39. The molecule has 2 heteroatoms. The number of aryl methyl sites for hydroxylation is 1. The van der Waals surface area contributed by atoms with Crippen LogP contribution in [0, 0.1) is 0 Å². The highest BCUT2D eigenvalue weighted by atomic mass is 15.1. The van der Waals surface area contributed by atoms with Gasteiger partial charge in [-0.1, -0.05) is 109 Å². The summed E-state index contributed by atoms with van der Waals surface area (Å²) in [7, 11) is 2.20. The van der Waals surface area contributed by atoms with Gasteiger partial charge in [-0.25, -0.2) is 0 Å². The maximum atomic E-state index is 2.38. The van der Waals surface area contributed by atoms with Crippen LogP contribution in [0.25, 0.3) is 54.5 Å². The third kappa shape index (κ3) is 3.72. The molecule has 8 aromatic rings. The molecule has 1 aromatic heterocycles. The standard InChI is InChI=1S/C39H28N2/c1-40-37-24-23-31(26-36(37)38-34-21-10-8-19-32(34)33-20-9-11-22-35(33)39(38)40)41(29-16-6-3-7-17-29)30-18-12-15-28(25-30)27-13-4-2-5-14-27/h2-26H,1H3. The van der Waals surface area contributed by atoms with Crippen molar-refractivity contribution in [1.29, 1.82) is 0 Å². The molecule has 0 aliphatic carbocycles. The average Bonchev–Trinajstić information content (AvgIpc) is 3.34. The van der Waals surface area contributed by atoms with Crippen molar-refractivity contribution in [2.45, 2.75) is 0 Å². The average molecular weight is 525 g/mol. The van der Waals surface area contributed by atoms with Crippen LogP contribution in [0.5, 0.6) is 0 Å². The number of nitrogens with zero attached hydrogens (tertiary/aromatic N) is 2. The van der Waals surface area contributed by atoms with Gasteiger partial charge in [0.05, 0.1) is 5.52 Å². The Labute approximate surface area is 239 Å². The lowest BCUT2D eigenvalue weighted by molar-refractivity contribution is 1.02. The van der Waals surface area contributed by atoms with E-state index in [9.17, 15) is 0 Å². The Bertz CT molecular complexity index is 2210. The summed E-state index contributed by atoms with van der Waals surface area (Å²) in [6.07, 6.45) is 0. The third-order valence-electron chi connectivity index (χ3n) is 8.34. The minimum absolute atomic E-state index is 1.13. The van der Waals surface area contributed by atoms with Gasteiger partial charge in [0.2, 0.25) is 0 Å². The lowest BCUT2D eigenvalue weighted by Crippen LogP contribution is -2.09. The van der Waals surface area contributed by atoms with E-state index >= 15 is 0 Å². The molecule has 0 aliphatic rings. The molecule has 0 amide bonds. The Hall–Kier alpha value is -5.34. The Morgan fingerprint density at radius 1 is 0.415 bits per heavy atom. The molecule has 0 unspecified atom stereocenters. The van der Waals surface area contributed by atoms with E-state index in [0.717, 1.165) is 17.1 Å². The minimum atomic E-state index is 1.13. The predicted molar refractivity (Wildman–Crippen MR) is 176 cm³/mol. The zero-order valence-electron chi connectivity index (χ0n) is 22.8. The van der Waals surface area contributed by atoms with E-state index in [2.05, 4.69) is 168 Å². The first-order valence-corrected chi connectivity index (χ1v) is 14.1. The number of fused-ring (bicyclic) bond motifs is 8. The van der Waals surface area contributed by atoms with Crippen LogP contribution in [0.1, 0.15) is 0 Å². The molecule has 7 aromatic carbocycles. The van der Waals surface area contributed by atoms with Gasteiger partial charge in [-0.05, 0) is 69.8 Å². The first-order valence-electron chi connectivity index (χ1n) is 14.1. The van der Waals surface area contributed by atoms with Crippen molar-refractivity contribution in [3.63, 3.8) is 0 Å². The molecular formula is C39H28N2. The van der Waals surface area contributed by atoms with E-state index in [1.807, 2.05) is 0 Å². The normalized spacial score (nSPS) is 11.5. The van der Waals surface area contributed by atoms with Crippen molar-refractivity contribution in [1.82, 2.24) is 4.57 Å². The van der Waals surface area contributed by atoms with Gasteiger partial charge in [0, 0.05) is 45.8 Å². The van der Waals surface area contributed by atoms with E-state index in [-0.39, 0.29) is 0 Å². The highest BCUT2D eigenvalue weighted by molar-refractivity contribution is 6.31. The van der Waals surface area contributed by atoms with Gasteiger partial charge in [0.15, 0.2) is 0 Å². The molecule has 0 atom stereocenters. The van der Waals surface area contributed by atoms with Gasteiger partial charge < -0.3 is 9.47 Å². The fraction of sp³-hybridized carbons (Fsp3) is 0.0256. The molecule has 41 heavy (non-hydrogen) atoms. The number of hydrogen-bond acceptors (Lipinski definition) is 1. The Morgan fingerprint density at radius 2 is 0.976 bits per heavy atom. The van der Waals surface area contributed by atoms with Crippen molar-refractivity contribution >= 4 is 60.4 Å². The lowest BCUT2D eigenvalue weighted by Gasteiger charge is -2.26. The van der Waals surface area contributed by atoms with Crippen LogP contribution in [0.15, 0.2) is 152 Å². The molecule has 0 radical (unpaired) electrons. The Balaban J connectivity index is 1.42. The molecule has 0 N–H and O–H groups in total. The van der Waals surface area contributed by atoms with Gasteiger partial charge >= 0.3 is 0 Å². The smallest absolute Gasteiger partial charge is 0.0574 e. The molecule has 1 heterocycles. The van der Waals surface area contributed by atoms with E-state index < -0.39 is 0 Å². The van der Waals surface area contributed by atoms with Crippen LogP contribution in [0.4, 0.5) is 17.1 Å². The molecule has 0 bridgehead atoms. The van der Waals surface area contributed by atoms with Crippen molar-refractivity contribution < 1.29 is 0 Å². The summed E-state index contributed by atoms with van der Waals surface area (Å²) in [6.45, 7) is 0. The van der Waals surface area contributed by atoms with Gasteiger partial charge in [0.25, 0.3) is 0 Å². The van der Waals surface area contributed by atoms with E-state index in [4.69, 9.17) is 0 Å².